The van der Waals surface area contributed by atoms with Crippen LogP contribution >= 0.6 is 0 Å². The molecular formula is C42H54O2. The van der Waals surface area contributed by atoms with Crippen LogP contribution in [-0.2, 0) is 12.8 Å². The Morgan fingerprint density at radius 3 is 2.55 bits per heavy atom. The van der Waals surface area contributed by atoms with Crippen LogP contribution in [0.1, 0.15) is 110 Å². The molecule has 4 atom stereocenters. The molecule has 2 heteroatoms. The number of allylic oxidation sites excluding steroid dienone is 12. The maximum absolute atomic E-state index is 7.08. The third kappa shape index (κ3) is 5.90. The van der Waals surface area contributed by atoms with Gasteiger partial charge in [0.15, 0.2) is 11.3 Å². The standard InChI is InChI=1S/C42H54O2/c1-9-18-27(7)31(12-4)32(13-5)33(14-6)39-29(11-3)26-30-24-25-38-37-23-17-22-36(41(37)44-42(38)40(30)43-39)35(19-10-2)34-21-16-15-20-28(34)8/h9-10,12,14,18-19,22,24-25,28,32,34-35H,4,11,13,15-17,20-21,23,26H2,1-3,5-8H3/b18-9-,19-10-,31-27+,33-14-. The van der Waals surface area contributed by atoms with Crippen LogP contribution in [0, 0.1) is 23.7 Å². The molecule has 0 amide bonds. The lowest BCUT2D eigenvalue weighted by molar-refractivity contribution is 0.227. The molecule has 1 saturated carbocycles. The molecule has 4 unspecified atom stereocenters. The molecule has 2 aromatic rings. The summed E-state index contributed by atoms with van der Waals surface area (Å²) < 4.78 is 14.1. The van der Waals surface area contributed by atoms with Crippen molar-refractivity contribution >= 4 is 16.5 Å². The van der Waals surface area contributed by atoms with Gasteiger partial charge in [0.25, 0.3) is 0 Å². The van der Waals surface area contributed by atoms with E-state index < -0.39 is 0 Å². The Hall–Kier alpha value is -3.26. The fourth-order valence-corrected chi connectivity index (χ4v) is 8.33. The highest BCUT2D eigenvalue weighted by Crippen LogP contribution is 2.49. The SMILES string of the molecule is C=C/C(=C(C)\C=C/C)C(CC)/C(=C/C)C1=C(CC)Cc2ccc3c4c(oc3c2O1)C(C(/C=C\C)C1CCCCC1C)=CCC4. The van der Waals surface area contributed by atoms with E-state index in [-0.39, 0.29) is 5.92 Å². The average Bonchev–Trinajstić information content (AvgIpc) is 3.43. The molecule has 44 heavy (non-hydrogen) atoms. The zero-order valence-corrected chi connectivity index (χ0v) is 28.4. The van der Waals surface area contributed by atoms with Crippen molar-refractivity contribution in [3.05, 3.63) is 106 Å². The minimum Gasteiger partial charge on any atom is -0.453 e. The third-order valence-corrected chi connectivity index (χ3v) is 10.6. The molecule has 0 bridgehead atoms. The number of ether oxygens (including phenoxy) is 1. The Kier molecular flexibility index (Phi) is 10.4. The Morgan fingerprint density at radius 1 is 1.09 bits per heavy atom. The lowest BCUT2D eigenvalue weighted by Gasteiger charge is -2.35. The summed E-state index contributed by atoms with van der Waals surface area (Å²) in [6, 6.07) is 4.60. The molecule has 0 N–H and O–H groups in total. The molecule has 1 fully saturated rings. The van der Waals surface area contributed by atoms with E-state index in [0.717, 1.165) is 60.9 Å². The zero-order valence-electron chi connectivity index (χ0n) is 28.4. The molecule has 0 saturated heterocycles. The molecule has 0 spiro atoms. The van der Waals surface area contributed by atoms with E-state index in [1.807, 2.05) is 6.08 Å². The predicted octanol–water partition coefficient (Wildman–Crippen LogP) is 12.4. The number of furan rings is 1. The maximum atomic E-state index is 7.08. The number of rotatable bonds is 10. The van der Waals surface area contributed by atoms with E-state index >= 15 is 0 Å². The molecule has 5 rings (SSSR count). The highest BCUT2D eigenvalue weighted by molar-refractivity contribution is 5.93. The molecule has 2 heterocycles. The van der Waals surface area contributed by atoms with E-state index in [4.69, 9.17) is 9.15 Å². The highest BCUT2D eigenvalue weighted by atomic mass is 16.5. The van der Waals surface area contributed by atoms with Gasteiger partial charge in [-0.2, -0.15) is 0 Å². The Bertz CT molecular complexity index is 1560. The number of hydrogen-bond donors (Lipinski definition) is 0. The molecule has 1 aromatic heterocycles. The van der Waals surface area contributed by atoms with Crippen molar-refractivity contribution in [3.63, 3.8) is 0 Å². The molecule has 2 aliphatic carbocycles. The lowest BCUT2D eigenvalue weighted by atomic mass is 9.69. The van der Waals surface area contributed by atoms with Gasteiger partial charge < -0.3 is 9.15 Å². The molecule has 3 aliphatic rings. The van der Waals surface area contributed by atoms with Crippen molar-refractivity contribution in [2.24, 2.45) is 23.7 Å². The highest BCUT2D eigenvalue weighted by Gasteiger charge is 2.35. The van der Waals surface area contributed by atoms with E-state index in [1.54, 1.807) is 0 Å². The summed E-state index contributed by atoms with van der Waals surface area (Å²) in [5.41, 5.74) is 10.1. The van der Waals surface area contributed by atoms with Crippen LogP contribution in [0.5, 0.6) is 5.75 Å². The van der Waals surface area contributed by atoms with Gasteiger partial charge >= 0.3 is 0 Å². The van der Waals surface area contributed by atoms with E-state index in [0.29, 0.717) is 11.8 Å². The average molecular weight is 591 g/mol. The molecule has 0 radical (unpaired) electrons. The first kappa shape index (κ1) is 32.1. The van der Waals surface area contributed by atoms with Gasteiger partial charge in [-0.1, -0.05) is 101 Å². The first-order valence-electron chi connectivity index (χ1n) is 17.3. The minimum atomic E-state index is 0.212. The van der Waals surface area contributed by atoms with Crippen molar-refractivity contribution in [1.82, 2.24) is 0 Å². The third-order valence-electron chi connectivity index (χ3n) is 10.6. The van der Waals surface area contributed by atoms with Gasteiger partial charge in [-0.3, -0.25) is 0 Å². The van der Waals surface area contributed by atoms with Crippen LogP contribution in [0.4, 0.5) is 0 Å². The summed E-state index contributed by atoms with van der Waals surface area (Å²) in [4.78, 5) is 0. The number of fused-ring (bicyclic) bond motifs is 5. The monoisotopic (exact) mass is 590 g/mol. The smallest absolute Gasteiger partial charge is 0.177 e. The summed E-state index contributed by atoms with van der Waals surface area (Å²) in [5, 5.41) is 1.23. The van der Waals surface area contributed by atoms with Gasteiger partial charge in [0.05, 0.1) is 0 Å². The Balaban J connectivity index is 1.59. The fraction of sp³-hybridized carbons (Fsp3) is 0.476. The summed E-state index contributed by atoms with van der Waals surface area (Å²) in [7, 11) is 0. The number of aryl methyl sites for hydroxylation is 1. The van der Waals surface area contributed by atoms with Crippen LogP contribution in [0.2, 0.25) is 0 Å². The summed E-state index contributed by atoms with van der Waals surface area (Å²) >= 11 is 0. The van der Waals surface area contributed by atoms with Crippen LogP contribution in [0.3, 0.4) is 0 Å². The Morgan fingerprint density at radius 2 is 1.89 bits per heavy atom. The summed E-state index contributed by atoms with van der Waals surface area (Å²) in [6.07, 6.45) is 26.0. The topological polar surface area (TPSA) is 22.4 Å². The predicted molar refractivity (Wildman–Crippen MR) is 189 cm³/mol. The molecular weight excluding hydrogens is 536 g/mol. The van der Waals surface area contributed by atoms with E-state index in [9.17, 15) is 0 Å². The second-order valence-electron chi connectivity index (χ2n) is 13.1. The minimum absolute atomic E-state index is 0.212. The molecule has 1 aromatic carbocycles. The van der Waals surface area contributed by atoms with Gasteiger partial charge in [-0.25, -0.2) is 0 Å². The zero-order chi connectivity index (χ0) is 31.4. The number of hydrogen-bond acceptors (Lipinski definition) is 2. The fourth-order valence-electron chi connectivity index (χ4n) is 8.33. The first-order valence-corrected chi connectivity index (χ1v) is 17.3. The van der Waals surface area contributed by atoms with Crippen LogP contribution in [0.15, 0.2) is 93.7 Å². The van der Waals surface area contributed by atoms with E-state index in [2.05, 4.69) is 104 Å². The van der Waals surface area contributed by atoms with Crippen LogP contribution in [-0.4, -0.2) is 0 Å². The van der Waals surface area contributed by atoms with Crippen molar-refractivity contribution < 1.29 is 9.15 Å². The second-order valence-corrected chi connectivity index (χ2v) is 13.1. The van der Waals surface area contributed by atoms with Gasteiger partial charge in [0.2, 0.25) is 0 Å². The van der Waals surface area contributed by atoms with Crippen molar-refractivity contribution in [1.29, 1.82) is 0 Å². The van der Waals surface area contributed by atoms with Gasteiger partial charge in [-0.05, 0) is 99.5 Å². The van der Waals surface area contributed by atoms with Crippen molar-refractivity contribution in [2.45, 2.75) is 106 Å². The quantitative estimate of drug-likeness (QED) is 0.203. The lowest BCUT2D eigenvalue weighted by Crippen LogP contribution is -2.25. The Labute approximate surface area is 267 Å². The molecule has 1 aliphatic heterocycles. The number of benzene rings is 1. The van der Waals surface area contributed by atoms with Crippen molar-refractivity contribution in [2.75, 3.05) is 0 Å². The van der Waals surface area contributed by atoms with Crippen LogP contribution < -0.4 is 4.74 Å². The van der Waals surface area contributed by atoms with Crippen molar-refractivity contribution in [3.8, 4) is 5.75 Å². The molecule has 2 nitrogen and oxygen atoms in total. The normalized spacial score (nSPS) is 22.9. The van der Waals surface area contributed by atoms with E-state index in [1.165, 1.54) is 70.1 Å². The largest absolute Gasteiger partial charge is 0.453 e. The summed E-state index contributed by atoms with van der Waals surface area (Å²) in [5.74, 6) is 5.06. The van der Waals surface area contributed by atoms with Gasteiger partial charge in [0, 0.05) is 34.8 Å². The summed E-state index contributed by atoms with van der Waals surface area (Å²) in [6.45, 7) is 19.8. The maximum Gasteiger partial charge on any atom is 0.177 e. The van der Waals surface area contributed by atoms with Gasteiger partial charge in [-0.15, -0.1) is 0 Å². The van der Waals surface area contributed by atoms with Crippen LogP contribution in [0.25, 0.3) is 16.5 Å². The van der Waals surface area contributed by atoms with Gasteiger partial charge in [0.1, 0.15) is 11.5 Å². The molecule has 234 valence electrons. The second kappa shape index (κ2) is 14.2. The first-order chi connectivity index (χ1) is 21.4.